The van der Waals surface area contributed by atoms with E-state index in [1.165, 1.54) is 24.3 Å². The maximum atomic E-state index is 11.9. The number of halogens is 1. The molecule has 0 saturated carbocycles. The molecule has 0 atom stereocenters. The van der Waals surface area contributed by atoms with Crippen molar-refractivity contribution in [1.29, 1.82) is 0 Å². The number of esters is 1. The number of hydrogen-bond donors (Lipinski definition) is 1. The number of rotatable bonds is 5. The third-order valence-electron chi connectivity index (χ3n) is 3.39. The average molecular weight is 374 g/mol. The van der Waals surface area contributed by atoms with E-state index in [2.05, 4.69) is 0 Å². The number of hydrogen-bond acceptors (Lipinski definition) is 6. The van der Waals surface area contributed by atoms with Gasteiger partial charge < -0.3 is 19.6 Å². The molecule has 1 aromatic heterocycles. The molecule has 26 heavy (non-hydrogen) atoms. The van der Waals surface area contributed by atoms with Crippen molar-refractivity contribution in [3.8, 4) is 11.5 Å². The summed E-state index contributed by atoms with van der Waals surface area (Å²) in [4.78, 5) is 34.8. The Kier molecular flexibility index (Phi) is 4.90. The highest BCUT2D eigenvalue weighted by Crippen LogP contribution is 2.23. The average Bonchev–Trinajstić information content (AvgIpc) is 2.60. The molecule has 0 aliphatic carbocycles. The van der Waals surface area contributed by atoms with Crippen molar-refractivity contribution in [3.05, 3.63) is 69.5 Å². The molecule has 0 spiro atoms. The van der Waals surface area contributed by atoms with Crippen LogP contribution in [0.2, 0.25) is 5.02 Å². The molecule has 132 valence electrons. The van der Waals surface area contributed by atoms with Gasteiger partial charge in [-0.3, -0.25) is 4.79 Å². The van der Waals surface area contributed by atoms with Gasteiger partial charge in [0.25, 0.3) is 5.91 Å². The third-order valence-corrected chi connectivity index (χ3v) is 3.70. The van der Waals surface area contributed by atoms with E-state index in [-0.39, 0.29) is 23.5 Å². The van der Waals surface area contributed by atoms with Gasteiger partial charge in [-0.15, -0.1) is 0 Å². The second-order valence-electron chi connectivity index (χ2n) is 5.20. The second kappa shape index (κ2) is 7.28. The number of primary amides is 1. The van der Waals surface area contributed by atoms with E-state index in [1.807, 2.05) is 0 Å². The van der Waals surface area contributed by atoms with Crippen molar-refractivity contribution in [3.63, 3.8) is 0 Å². The molecule has 2 aromatic carbocycles. The van der Waals surface area contributed by atoms with Gasteiger partial charge in [-0.25, -0.2) is 9.59 Å². The summed E-state index contributed by atoms with van der Waals surface area (Å²) in [5, 5.41) is 0.837. The molecule has 1 heterocycles. The number of carbonyl (C=O) groups excluding carboxylic acids is 2. The lowest BCUT2D eigenvalue weighted by Gasteiger charge is -2.08. The first-order valence-corrected chi connectivity index (χ1v) is 7.77. The van der Waals surface area contributed by atoms with E-state index in [9.17, 15) is 14.4 Å². The van der Waals surface area contributed by atoms with Gasteiger partial charge in [0.05, 0.1) is 5.02 Å². The Balaban J connectivity index is 1.73. The van der Waals surface area contributed by atoms with Crippen molar-refractivity contribution in [2.24, 2.45) is 5.73 Å². The van der Waals surface area contributed by atoms with E-state index >= 15 is 0 Å². The molecule has 0 saturated heterocycles. The minimum absolute atomic E-state index is 0.150. The summed E-state index contributed by atoms with van der Waals surface area (Å²) in [5.74, 6) is -1.04. The van der Waals surface area contributed by atoms with Crippen LogP contribution in [-0.2, 0) is 4.79 Å². The Morgan fingerprint density at radius 2 is 1.88 bits per heavy atom. The number of amides is 1. The largest absolute Gasteiger partial charge is 0.480 e. The Morgan fingerprint density at radius 3 is 2.62 bits per heavy atom. The zero-order valence-corrected chi connectivity index (χ0v) is 14.0. The van der Waals surface area contributed by atoms with Gasteiger partial charge in [-0.05, 0) is 30.3 Å². The Bertz CT molecular complexity index is 1060. The highest BCUT2D eigenvalue weighted by molar-refractivity contribution is 6.32. The summed E-state index contributed by atoms with van der Waals surface area (Å²) in [6, 6.07) is 12.4. The molecule has 0 fully saturated rings. The molecule has 0 radical (unpaired) electrons. The monoisotopic (exact) mass is 373 g/mol. The predicted octanol–water partition coefficient (Wildman–Crippen LogP) is 2.53. The van der Waals surface area contributed by atoms with Crippen molar-refractivity contribution in [2.45, 2.75) is 0 Å². The molecule has 7 nitrogen and oxygen atoms in total. The molecule has 0 bridgehead atoms. The molecule has 3 aromatic rings. The lowest BCUT2D eigenvalue weighted by atomic mass is 10.2. The highest BCUT2D eigenvalue weighted by atomic mass is 35.5. The maximum Gasteiger partial charge on any atom is 0.349 e. The molecular formula is C18H12ClNO6. The number of nitrogens with two attached hydrogens (primary N) is 1. The normalized spacial score (nSPS) is 10.5. The first-order valence-electron chi connectivity index (χ1n) is 7.40. The van der Waals surface area contributed by atoms with Crippen LogP contribution in [0.15, 0.2) is 57.7 Å². The molecule has 1 amide bonds. The maximum absolute atomic E-state index is 11.9. The first-order chi connectivity index (χ1) is 12.4. The van der Waals surface area contributed by atoms with E-state index in [0.717, 1.165) is 0 Å². The topological polar surface area (TPSA) is 109 Å². The summed E-state index contributed by atoms with van der Waals surface area (Å²) in [6.07, 6.45) is 0. The minimum atomic E-state index is -0.882. The fraction of sp³-hybridized carbons (Fsp3) is 0.0556. The molecule has 3 rings (SSSR count). The summed E-state index contributed by atoms with van der Waals surface area (Å²) in [5.41, 5.74) is 4.13. The zero-order chi connectivity index (χ0) is 18.7. The molecule has 2 N–H and O–H groups in total. The number of para-hydroxylation sites is 1. The quantitative estimate of drug-likeness (QED) is 0.418. The fourth-order valence-electron chi connectivity index (χ4n) is 2.19. The summed E-state index contributed by atoms with van der Waals surface area (Å²) >= 11 is 5.93. The van der Waals surface area contributed by atoms with Crippen LogP contribution in [0.4, 0.5) is 0 Å². The summed E-state index contributed by atoms with van der Waals surface area (Å²) in [6.45, 7) is -0.355. The SMILES string of the molecule is NC(=O)c1cc2ccc(OC(=O)COc3ccccc3Cl)cc2oc1=O. The van der Waals surface area contributed by atoms with Gasteiger partial charge >= 0.3 is 11.6 Å². The molecule has 0 aliphatic heterocycles. The number of ether oxygens (including phenoxy) is 2. The smallest absolute Gasteiger partial charge is 0.349 e. The predicted molar refractivity (Wildman–Crippen MR) is 93.6 cm³/mol. The Morgan fingerprint density at radius 1 is 1.12 bits per heavy atom. The number of carbonyl (C=O) groups is 2. The van der Waals surface area contributed by atoms with E-state index < -0.39 is 17.5 Å². The van der Waals surface area contributed by atoms with Gasteiger partial charge in [0.2, 0.25) is 0 Å². The van der Waals surface area contributed by atoms with Crippen LogP contribution in [0.25, 0.3) is 11.0 Å². The number of benzene rings is 2. The van der Waals surface area contributed by atoms with Crippen molar-refractivity contribution in [2.75, 3.05) is 6.61 Å². The van der Waals surface area contributed by atoms with Crippen LogP contribution in [0.3, 0.4) is 0 Å². The standard InChI is InChI=1S/C18H12ClNO6/c19-13-3-1-2-4-14(13)24-9-16(21)25-11-6-5-10-7-12(17(20)22)18(23)26-15(10)8-11/h1-8H,9H2,(H2,20,22). The highest BCUT2D eigenvalue weighted by Gasteiger charge is 2.12. The zero-order valence-electron chi connectivity index (χ0n) is 13.2. The minimum Gasteiger partial charge on any atom is -0.480 e. The van der Waals surface area contributed by atoms with E-state index in [0.29, 0.717) is 16.2 Å². The fourth-order valence-corrected chi connectivity index (χ4v) is 2.38. The van der Waals surface area contributed by atoms with Crippen LogP contribution in [0.5, 0.6) is 11.5 Å². The summed E-state index contributed by atoms with van der Waals surface area (Å²) < 4.78 is 15.5. The van der Waals surface area contributed by atoms with E-state index in [4.69, 9.17) is 31.2 Å². The van der Waals surface area contributed by atoms with Gasteiger partial charge in [-0.1, -0.05) is 23.7 Å². The van der Waals surface area contributed by atoms with E-state index in [1.54, 1.807) is 24.3 Å². The van der Waals surface area contributed by atoms with Gasteiger partial charge in [0.1, 0.15) is 22.6 Å². The van der Waals surface area contributed by atoms with Crippen molar-refractivity contribution in [1.82, 2.24) is 0 Å². The summed E-state index contributed by atoms with van der Waals surface area (Å²) in [7, 11) is 0. The van der Waals surface area contributed by atoms with Crippen molar-refractivity contribution < 1.29 is 23.5 Å². The lowest BCUT2D eigenvalue weighted by Crippen LogP contribution is -2.20. The van der Waals surface area contributed by atoms with Crippen molar-refractivity contribution >= 4 is 34.4 Å². The molecule has 0 unspecified atom stereocenters. The Hall–Kier alpha value is -3.32. The van der Waals surface area contributed by atoms with Crippen LogP contribution in [0, 0.1) is 0 Å². The van der Waals surface area contributed by atoms with Crippen LogP contribution in [-0.4, -0.2) is 18.5 Å². The van der Waals surface area contributed by atoms with Crippen LogP contribution in [0.1, 0.15) is 10.4 Å². The van der Waals surface area contributed by atoms with Gasteiger partial charge in [-0.2, -0.15) is 0 Å². The molecule has 0 aliphatic rings. The molecular weight excluding hydrogens is 362 g/mol. The third kappa shape index (κ3) is 3.84. The Labute approximate surface area is 151 Å². The molecule has 8 heteroatoms. The first kappa shape index (κ1) is 17.5. The van der Waals surface area contributed by atoms with Crippen LogP contribution >= 0.6 is 11.6 Å². The lowest BCUT2D eigenvalue weighted by molar-refractivity contribution is -0.136. The number of fused-ring (bicyclic) bond motifs is 1. The van der Waals surface area contributed by atoms with Gasteiger partial charge in [0, 0.05) is 11.5 Å². The van der Waals surface area contributed by atoms with Crippen LogP contribution < -0.4 is 20.8 Å². The van der Waals surface area contributed by atoms with Gasteiger partial charge in [0.15, 0.2) is 6.61 Å². The second-order valence-corrected chi connectivity index (χ2v) is 5.61.